The van der Waals surface area contributed by atoms with E-state index in [2.05, 4.69) is 71.4 Å². The van der Waals surface area contributed by atoms with E-state index in [9.17, 15) is 0 Å². The highest BCUT2D eigenvalue weighted by molar-refractivity contribution is 14.1. The predicted molar refractivity (Wildman–Crippen MR) is 86.2 cm³/mol. The number of hydrogen-bond acceptors (Lipinski definition) is 5. The average molecular weight is 391 g/mol. The molecule has 0 spiro atoms. The first-order valence-corrected chi connectivity index (χ1v) is 9.96. The first-order valence-electron chi connectivity index (χ1n) is 5.97. The van der Waals surface area contributed by atoms with Crippen LogP contribution < -0.4 is 10.3 Å². The Bertz CT molecular complexity index is 619. The van der Waals surface area contributed by atoms with Crippen LogP contribution in [0.25, 0.3) is 11.2 Å². The number of nitrogens with zero attached hydrogens (tertiary/aromatic N) is 4. The van der Waals surface area contributed by atoms with Crippen molar-refractivity contribution in [1.82, 2.24) is 19.7 Å². The second kappa shape index (κ2) is 4.58. The molecule has 0 saturated heterocycles. The molecule has 0 amide bonds. The minimum Gasteiger partial charge on any atom is -0.466 e. The van der Waals surface area contributed by atoms with Crippen LogP contribution in [0.3, 0.4) is 0 Å². The second-order valence-corrected chi connectivity index (χ2v) is 11.6. The lowest BCUT2D eigenvalue weighted by Gasteiger charge is -2.35. The lowest BCUT2D eigenvalue weighted by molar-refractivity contribution is 0.251. The Balaban J connectivity index is 2.53. The minimum atomic E-state index is -1.96. The number of imidazole rings is 1. The Morgan fingerprint density at radius 1 is 1.32 bits per heavy atom. The molecule has 19 heavy (non-hydrogen) atoms. The van der Waals surface area contributed by atoms with E-state index in [0.29, 0.717) is 20.8 Å². The van der Waals surface area contributed by atoms with Crippen LogP contribution in [0.4, 0.5) is 5.82 Å². The summed E-state index contributed by atoms with van der Waals surface area (Å²) in [6, 6.07) is 0. The molecule has 2 rings (SSSR count). The number of hydrogen-bond donors (Lipinski definition) is 1. The molecular formula is C11H18IN5OSi. The summed E-state index contributed by atoms with van der Waals surface area (Å²) in [5.41, 5.74) is 7.03. The van der Waals surface area contributed by atoms with Gasteiger partial charge in [-0.25, -0.2) is 15.0 Å². The molecule has 2 aromatic heterocycles. The minimum absolute atomic E-state index is 0.102. The molecule has 0 radical (unpaired) electrons. The lowest BCUT2D eigenvalue weighted by atomic mass is 10.2. The number of halogens is 1. The second-order valence-electron chi connectivity index (χ2n) is 5.96. The van der Waals surface area contributed by atoms with Crippen LogP contribution in [0, 0.1) is 3.83 Å². The number of rotatable bonds is 2. The highest BCUT2D eigenvalue weighted by Gasteiger charge is 2.41. The van der Waals surface area contributed by atoms with Crippen molar-refractivity contribution in [3.8, 4) is 0 Å². The van der Waals surface area contributed by atoms with Crippen molar-refractivity contribution in [3.05, 3.63) is 10.2 Å². The molecule has 0 fully saturated rings. The third-order valence-electron chi connectivity index (χ3n) is 3.52. The van der Waals surface area contributed by atoms with Crippen LogP contribution in [0.1, 0.15) is 20.8 Å². The molecule has 2 heterocycles. The number of aromatic nitrogens is 4. The summed E-state index contributed by atoms with van der Waals surface area (Å²) >= 11 is 2.12. The predicted octanol–water partition coefficient (Wildman–Crippen LogP) is 2.45. The molecule has 0 atom stereocenters. The summed E-state index contributed by atoms with van der Waals surface area (Å²) in [5.74, 6) is 0.375. The van der Waals surface area contributed by atoms with E-state index >= 15 is 0 Å². The molecule has 0 bridgehead atoms. The first-order chi connectivity index (χ1) is 8.63. The molecule has 0 aliphatic carbocycles. The average Bonchev–Trinajstić information content (AvgIpc) is 2.56. The van der Waals surface area contributed by atoms with Gasteiger partial charge in [0.25, 0.3) is 8.32 Å². The van der Waals surface area contributed by atoms with Crippen molar-refractivity contribution in [2.45, 2.75) is 38.9 Å². The third-order valence-corrected chi connectivity index (χ3v) is 8.45. The SMILES string of the molecule is CC(C)(C)[Si](C)(C)On1c(I)nc2c(N)ncnc21. The monoisotopic (exact) mass is 391 g/mol. The molecule has 2 N–H and O–H groups in total. The van der Waals surface area contributed by atoms with Gasteiger partial charge in [0.05, 0.1) is 0 Å². The summed E-state index contributed by atoms with van der Waals surface area (Å²) in [6.45, 7) is 10.9. The highest BCUT2D eigenvalue weighted by atomic mass is 127. The van der Waals surface area contributed by atoms with Crippen LogP contribution in [0.15, 0.2) is 6.33 Å². The fourth-order valence-corrected chi connectivity index (χ4v) is 2.97. The quantitative estimate of drug-likeness (QED) is 0.483. The van der Waals surface area contributed by atoms with E-state index in [1.165, 1.54) is 6.33 Å². The van der Waals surface area contributed by atoms with Gasteiger partial charge in [-0.2, -0.15) is 4.73 Å². The van der Waals surface area contributed by atoms with Crippen molar-refractivity contribution < 1.29 is 4.53 Å². The number of nitrogens with two attached hydrogens (primary N) is 1. The van der Waals surface area contributed by atoms with Gasteiger partial charge in [-0.1, -0.05) is 20.8 Å². The van der Waals surface area contributed by atoms with Gasteiger partial charge in [0, 0.05) is 22.6 Å². The molecule has 0 aliphatic heterocycles. The van der Waals surface area contributed by atoms with Gasteiger partial charge >= 0.3 is 0 Å². The molecule has 8 heteroatoms. The molecule has 0 aromatic carbocycles. The van der Waals surface area contributed by atoms with E-state index < -0.39 is 8.32 Å². The fraction of sp³-hybridized carbons (Fsp3) is 0.545. The smallest absolute Gasteiger partial charge is 0.284 e. The zero-order valence-corrected chi connectivity index (χ0v) is 14.9. The summed E-state index contributed by atoms with van der Waals surface area (Å²) in [7, 11) is -1.96. The Hall–Kier alpha value is -0.903. The van der Waals surface area contributed by atoms with Crippen LogP contribution >= 0.6 is 22.6 Å². The van der Waals surface area contributed by atoms with Crippen molar-refractivity contribution in [1.29, 1.82) is 0 Å². The number of fused-ring (bicyclic) bond motifs is 1. The lowest BCUT2D eigenvalue weighted by Crippen LogP contribution is -2.48. The maximum absolute atomic E-state index is 6.25. The van der Waals surface area contributed by atoms with Gasteiger partial charge in [0.2, 0.25) is 9.48 Å². The van der Waals surface area contributed by atoms with Gasteiger partial charge in [-0.3, -0.25) is 0 Å². The van der Waals surface area contributed by atoms with Gasteiger partial charge < -0.3 is 10.3 Å². The molecule has 2 aromatic rings. The maximum Gasteiger partial charge on any atom is 0.284 e. The molecule has 0 unspecified atom stereocenters. The fourth-order valence-electron chi connectivity index (χ4n) is 1.31. The van der Waals surface area contributed by atoms with Crippen molar-refractivity contribution in [2.75, 3.05) is 5.73 Å². The van der Waals surface area contributed by atoms with E-state index in [-0.39, 0.29) is 5.04 Å². The largest absolute Gasteiger partial charge is 0.466 e. The number of anilines is 1. The van der Waals surface area contributed by atoms with Crippen LogP contribution in [-0.2, 0) is 0 Å². The van der Waals surface area contributed by atoms with E-state index in [1.54, 1.807) is 4.73 Å². The van der Waals surface area contributed by atoms with Crippen molar-refractivity contribution in [3.63, 3.8) is 0 Å². The standard InChI is InChI=1S/C11H18IN5OSi/c1-11(2,3)19(4,5)18-17-9-7(16-10(17)12)8(13)14-6-15-9/h6H,1-5H3,(H2,13,14,15). The zero-order chi connectivity index (χ0) is 14.4. The Morgan fingerprint density at radius 2 is 1.95 bits per heavy atom. The van der Waals surface area contributed by atoms with E-state index in [4.69, 9.17) is 10.3 Å². The van der Waals surface area contributed by atoms with Crippen molar-refractivity contribution >= 4 is 47.9 Å². The Morgan fingerprint density at radius 3 is 2.53 bits per heavy atom. The summed E-state index contributed by atoms with van der Waals surface area (Å²) in [6.07, 6.45) is 1.43. The maximum atomic E-state index is 6.25. The van der Waals surface area contributed by atoms with E-state index in [0.717, 1.165) is 0 Å². The van der Waals surface area contributed by atoms with Gasteiger partial charge in [0.1, 0.15) is 6.33 Å². The topological polar surface area (TPSA) is 78.9 Å². The van der Waals surface area contributed by atoms with Crippen molar-refractivity contribution in [2.24, 2.45) is 0 Å². The van der Waals surface area contributed by atoms with Gasteiger partial charge in [0.15, 0.2) is 11.3 Å². The van der Waals surface area contributed by atoms with Crippen LogP contribution in [-0.4, -0.2) is 28.0 Å². The summed E-state index contributed by atoms with van der Waals surface area (Å²) < 4.78 is 8.64. The summed E-state index contributed by atoms with van der Waals surface area (Å²) in [4.78, 5) is 12.6. The van der Waals surface area contributed by atoms with Crippen LogP contribution in [0.2, 0.25) is 18.1 Å². The molecule has 6 nitrogen and oxygen atoms in total. The van der Waals surface area contributed by atoms with Gasteiger partial charge in [-0.15, -0.1) is 0 Å². The van der Waals surface area contributed by atoms with E-state index in [1.807, 2.05) is 0 Å². The van der Waals surface area contributed by atoms with Gasteiger partial charge in [-0.05, 0) is 18.1 Å². The molecular weight excluding hydrogens is 373 g/mol. The zero-order valence-electron chi connectivity index (χ0n) is 11.7. The molecule has 0 aliphatic rings. The Kier molecular flexibility index (Phi) is 3.50. The molecule has 0 saturated carbocycles. The molecule has 104 valence electrons. The Labute approximate surface area is 127 Å². The number of nitrogen functional groups attached to an aromatic ring is 1. The highest BCUT2D eigenvalue weighted by Crippen LogP contribution is 2.35. The third kappa shape index (κ3) is 2.55. The summed E-state index contributed by atoms with van der Waals surface area (Å²) in [5, 5.41) is 0.102. The first kappa shape index (κ1) is 14.5. The normalized spacial score (nSPS) is 12.9. The van der Waals surface area contributed by atoms with Crippen LogP contribution in [0.5, 0.6) is 0 Å².